The fourth-order valence-corrected chi connectivity index (χ4v) is 2.15. The number of anilines is 1. The van der Waals surface area contributed by atoms with Crippen LogP contribution in [0.25, 0.3) is 11.1 Å². The second kappa shape index (κ2) is 7.09. The molecule has 1 amide bonds. The molecule has 23 heavy (non-hydrogen) atoms. The van der Waals surface area contributed by atoms with Gasteiger partial charge in [0.1, 0.15) is 5.75 Å². The summed E-state index contributed by atoms with van der Waals surface area (Å²) >= 11 is 0. The van der Waals surface area contributed by atoms with Crippen LogP contribution in [0.1, 0.15) is 26.3 Å². The third kappa shape index (κ3) is 4.19. The molecule has 4 heteroatoms. The Hall–Kier alpha value is -2.62. The van der Waals surface area contributed by atoms with Crippen molar-refractivity contribution < 1.29 is 14.3 Å². The van der Waals surface area contributed by atoms with E-state index in [9.17, 15) is 9.59 Å². The lowest BCUT2D eigenvalue weighted by atomic mass is 10.0. The average molecular weight is 311 g/mol. The van der Waals surface area contributed by atoms with Gasteiger partial charge in [0, 0.05) is 24.1 Å². The fraction of sp³-hybridized carbons (Fsp3) is 0.263. The molecular formula is C19H21NO3. The standard InChI is InChI=1S/C19H21NO3/c1-12(2)19(22)20-17-10-16(15-8-6-5-7-9-15)11-18(13(17)3)23-14(4)21/h5-12H,1-4H3,(H,20,22). The molecule has 0 saturated heterocycles. The van der Waals surface area contributed by atoms with Crippen molar-refractivity contribution in [2.24, 2.45) is 5.92 Å². The molecule has 0 saturated carbocycles. The highest BCUT2D eigenvalue weighted by Gasteiger charge is 2.15. The van der Waals surface area contributed by atoms with Crippen molar-refractivity contribution in [1.29, 1.82) is 0 Å². The first-order valence-corrected chi connectivity index (χ1v) is 7.58. The number of hydrogen-bond acceptors (Lipinski definition) is 3. The lowest BCUT2D eigenvalue weighted by molar-refractivity contribution is -0.131. The lowest BCUT2D eigenvalue weighted by Gasteiger charge is -2.16. The van der Waals surface area contributed by atoms with Crippen molar-refractivity contribution in [1.82, 2.24) is 0 Å². The molecule has 0 fully saturated rings. The van der Waals surface area contributed by atoms with E-state index in [0.717, 1.165) is 16.7 Å². The molecule has 2 aromatic carbocycles. The number of ether oxygens (including phenoxy) is 1. The van der Waals surface area contributed by atoms with Crippen molar-refractivity contribution >= 4 is 17.6 Å². The van der Waals surface area contributed by atoms with Crippen LogP contribution >= 0.6 is 0 Å². The van der Waals surface area contributed by atoms with E-state index < -0.39 is 0 Å². The van der Waals surface area contributed by atoms with Crippen LogP contribution in [0, 0.1) is 12.8 Å². The molecule has 0 atom stereocenters. The zero-order valence-corrected chi connectivity index (χ0v) is 13.8. The number of rotatable bonds is 4. The third-order valence-corrected chi connectivity index (χ3v) is 3.50. The Morgan fingerprint density at radius 3 is 2.26 bits per heavy atom. The van der Waals surface area contributed by atoms with Crippen molar-refractivity contribution in [2.45, 2.75) is 27.7 Å². The van der Waals surface area contributed by atoms with Gasteiger partial charge in [0.2, 0.25) is 5.91 Å². The highest BCUT2D eigenvalue weighted by atomic mass is 16.5. The van der Waals surface area contributed by atoms with Gasteiger partial charge in [-0.05, 0) is 30.2 Å². The molecule has 0 aliphatic carbocycles. The van der Waals surface area contributed by atoms with Crippen molar-refractivity contribution in [3.63, 3.8) is 0 Å². The Bertz CT molecular complexity index is 721. The maximum absolute atomic E-state index is 12.0. The van der Waals surface area contributed by atoms with E-state index >= 15 is 0 Å². The molecule has 2 aromatic rings. The van der Waals surface area contributed by atoms with Gasteiger partial charge in [0.25, 0.3) is 0 Å². The summed E-state index contributed by atoms with van der Waals surface area (Å²) in [5, 5.41) is 2.90. The maximum atomic E-state index is 12.0. The number of carbonyl (C=O) groups is 2. The smallest absolute Gasteiger partial charge is 0.308 e. The predicted octanol–water partition coefficient (Wildman–Crippen LogP) is 4.18. The van der Waals surface area contributed by atoms with Crippen LogP contribution in [0.3, 0.4) is 0 Å². The van der Waals surface area contributed by atoms with Gasteiger partial charge in [-0.1, -0.05) is 44.2 Å². The van der Waals surface area contributed by atoms with E-state index in [-0.39, 0.29) is 17.8 Å². The predicted molar refractivity (Wildman–Crippen MR) is 91.4 cm³/mol. The SMILES string of the molecule is CC(=O)Oc1cc(-c2ccccc2)cc(NC(=O)C(C)C)c1C. The molecule has 0 spiro atoms. The molecule has 0 unspecified atom stereocenters. The van der Waals surface area contributed by atoms with Gasteiger partial charge in [0.05, 0.1) is 0 Å². The summed E-state index contributed by atoms with van der Waals surface area (Å²) < 4.78 is 5.30. The summed E-state index contributed by atoms with van der Waals surface area (Å²) in [6.07, 6.45) is 0. The summed E-state index contributed by atoms with van der Waals surface area (Å²) in [4.78, 5) is 23.4. The average Bonchev–Trinajstić information content (AvgIpc) is 2.51. The molecule has 120 valence electrons. The van der Waals surface area contributed by atoms with Gasteiger partial charge < -0.3 is 10.1 Å². The van der Waals surface area contributed by atoms with Crippen molar-refractivity contribution in [2.75, 3.05) is 5.32 Å². The Labute approximate surface area is 136 Å². The maximum Gasteiger partial charge on any atom is 0.308 e. The topological polar surface area (TPSA) is 55.4 Å². The molecular weight excluding hydrogens is 290 g/mol. The van der Waals surface area contributed by atoms with Crippen LogP contribution in [0.4, 0.5) is 5.69 Å². The summed E-state index contributed by atoms with van der Waals surface area (Å²) in [5.74, 6) is -0.142. The fourth-order valence-electron chi connectivity index (χ4n) is 2.15. The van der Waals surface area contributed by atoms with Gasteiger partial charge in [-0.3, -0.25) is 9.59 Å². The molecule has 4 nitrogen and oxygen atoms in total. The number of benzene rings is 2. The number of nitrogens with one attached hydrogen (secondary N) is 1. The number of amides is 1. The zero-order chi connectivity index (χ0) is 17.0. The minimum atomic E-state index is -0.389. The summed E-state index contributed by atoms with van der Waals surface area (Å²) in [7, 11) is 0. The Morgan fingerprint density at radius 1 is 1.04 bits per heavy atom. The second-order valence-electron chi connectivity index (χ2n) is 5.75. The summed E-state index contributed by atoms with van der Waals surface area (Å²) in [6, 6.07) is 13.5. The van der Waals surface area contributed by atoms with Gasteiger partial charge in [-0.25, -0.2) is 0 Å². The van der Waals surface area contributed by atoms with Crippen LogP contribution in [0.5, 0.6) is 5.75 Å². The van der Waals surface area contributed by atoms with Gasteiger partial charge in [-0.2, -0.15) is 0 Å². The van der Waals surface area contributed by atoms with Crippen LogP contribution in [0.15, 0.2) is 42.5 Å². The summed E-state index contributed by atoms with van der Waals surface area (Å²) in [6.45, 7) is 6.85. The minimum absolute atomic E-state index is 0.0768. The Balaban J connectivity index is 2.51. The van der Waals surface area contributed by atoms with E-state index in [1.807, 2.05) is 63.2 Å². The molecule has 0 bridgehead atoms. The highest BCUT2D eigenvalue weighted by molar-refractivity contribution is 5.94. The highest BCUT2D eigenvalue weighted by Crippen LogP contribution is 2.33. The quantitative estimate of drug-likeness (QED) is 0.680. The molecule has 0 heterocycles. The van der Waals surface area contributed by atoms with Crippen LogP contribution < -0.4 is 10.1 Å². The first-order valence-electron chi connectivity index (χ1n) is 7.58. The molecule has 2 rings (SSSR count). The van der Waals surface area contributed by atoms with Crippen molar-refractivity contribution in [3.8, 4) is 16.9 Å². The van der Waals surface area contributed by atoms with Gasteiger partial charge in [-0.15, -0.1) is 0 Å². The van der Waals surface area contributed by atoms with Gasteiger partial charge in [0.15, 0.2) is 0 Å². The summed E-state index contributed by atoms with van der Waals surface area (Å²) in [5.41, 5.74) is 3.25. The first kappa shape index (κ1) is 16.7. The van der Waals surface area contributed by atoms with E-state index in [4.69, 9.17) is 4.74 Å². The van der Waals surface area contributed by atoms with Crippen molar-refractivity contribution in [3.05, 3.63) is 48.0 Å². The second-order valence-corrected chi connectivity index (χ2v) is 5.75. The van der Waals surface area contributed by atoms with Crippen LogP contribution in [-0.2, 0) is 9.59 Å². The Morgan fingerprint density at radius 2 is 1.70 bits per heavy atom. The molecule has 0 aromatic heterocycles. The monoisotopic (exact) mass is 311 g/mol. The van der Waals surface area contributed by atoms with E-state index in [2.05, 4.69) is 5.32 Å². The molecule has 0 aliphatic rings. The molecule has 0 radical (unpaired) electrons. The largest absolute Gasteiger partial charge is 0.426 e. The minimum Gasteiger partial charge on any atom is -0.426 e. The molecule has 0 aliphatic heterocycles. The number of carbonyl (C=O) groups excluding carboxylic acids is 2. The normalized spacial score (nSPS) is 10.5. The zero-order valence-electron chi connectivity index (χ0n) is 13.8. The lowest BCUT2D eigenvalue weighted by Crippen LogP contribution is -2.18. The van der Waals surface area contributed by atoms with Gasteiger partial charge >= 0.3 is 5.97 Å². The van der Waals surface area contributed by atoms with Crippen LogP contribution in [-0.4, -0.2) is 11.9 Å². The number of esters is 1. The Kier molecular flexibility index (Phi) is 5.16. The first-order chi connectivity index (χ1) is 10.9. The van der Waals surface area contributed by atoms with Crippen LogP contribution in [0.2, 0.25) is 0 Å². The number of hydrogen-bond donors (Lipinski definition) is 1. The van der Waals surface area contributed by atoms with E-state index in [1.165, 1.54) is 6.92 Å². The van der Waals surface area contributed by atoms with E-state index in [1.54, 1.807) is 0 Å². The third-order valence-electron chi connectivity index (χ3n) is 3.50. The molecule has 1 N–H and O–H groups in total. The van der Waals surface area contributed by atoms with E-state index in [0.29, 0.717) is 11.4 Å².